The molecule has 2 unspecified atom stereocenters. The van der Waals surface area contributed by atoms with Crippen LogP contribution in [-0.2, 0) is 12.8 Å². The Morgan fingerprint density at radius 2 is 2.05 bits per heavy atom. The third kappa shape index (κ3) is 3.53. The van der Waals surface area contributed by atoms with E-state index in [0.717, 1.165) is 29.3 Å². The standard InChI is InChI=1S/C18H19BrFN/c1-12(13-3-2-4-17(20)10-13)21-18-8-6-14-9-16(19)7-5-15(14)11-18/h2-5,7,9-10,12,18,21H,6,8,11H2,1H3. The van der Waals surface area contributed by atoms with Crippen LogP contribution in [-0.4, -0.2) is 6.04 Å². The molecule has 0 radical (unpaired) electrons. The Labute approximate surface area is 133 Å². The lowest BCUT2D eigenvalue weighted by atomic mass is 9.88. The van der Waals surface area contributed by atoms with Gasteiger partial charge in [-0.25, -0.2) is 4.39 Å². The zero-order valence-corrected chi connectivity index (χ0v) is 13.7. The summed E-state index contributed by atoms with van der Waals surface area (Å²) in [6.45, 7) is 2.10. The molecule has 1 aliphatic carbocycles. The van der Waals surface area contributed by atoms with Crippen molar-refractivity contribution in [2.24, 2.45) is 0 Å². The molecule has 1 aliphatic rings. The van der Waals surface area contributed by atoms with Gasteiger partial charge in [0.25, 0.3) is 0 Å². The molecule has 0 amide bonds. The van der Waals surface area contributed by atoms with E-state index in [1.165, 1.54) is 17.2 Å². The maximum Gasteiger partial charge on any atom is 0.123 e. The number of halogens is 2. The van der Waals surface area contributed by atoms with Crippen molar-refractivity contribution in [1.29, 1.82) is 0 Å². The molecule has 0 bridgehead atoms. The highest BCUT2D eigenvalue weighted by molar-refractivity contribution is 9.10. The van der Waals surface area contributed by atoms with Crippen LogP contribution in [0.3, 0.4) is 0 Å². The average Bonchev–Trinajstić information content (AvgIpc) is 2.47. The number of aryl methyl sites for hydroxylation is 1. The second kappa shape index (κ2) is 6.29. The Kier molecular flexibility index (Phi) is 4.41. The second-order valence-corrected chi connectivity index (χ2v) is 6.71. The van der Waals surface area contributed by atoms with Gasteiger partial charge in [-0.3, -0.25) is 0 Å². The molecule has 0 spiro atoms. The van der Waals surface area contributed by atoms with Gasteiger partial charge in [-0.15, -0.1) is 0 Å². The van der Waals surface area contributed by atoms with Gasteiger partial charge in [0.05, 0.1) is 0 Å². The molecule has 3 heteroatoms. The van der Waals surface area contributed by atoms with Gasteiger partial charge in [0.1, 0.15) is 5.82 Å². The summed E-state index contributed by atoms with van der Waals surface area (Å²) in [5.74, 6) is -0.167. The maximum absolute atomic E-state index is 13.3. The number of hydrogen-bond donors (Lipinski definition) is 1. The van der Waals surface area contributed by atoms with Crippen LogP contribution in [0.1, 0.15) is 36.1 Å². The lowest BCUT2D eigenvalue weighted by Gasteiger charge is -2.29. The van der Waals surface area contributed by atoms with E-state index in [9.17, 15) is 4.39 Å². The highest BCUT2D eigenvalue weighted by Crippen LogP contribution is 2.26. The minimum atomic E-state index is -0.167. The normalized spacial score (nSPS) is 19.1. The van der Waals surface area contributed by atoms with E-state index in [1.54, 1.807) is 12.1 Å². The summed E-state index contributed by atoms with van der Waals surface area (Å²) >= 11 is 3.53. The van der Waals surface area contributed by atoms with Crippen LogP contribution in [0.5, 0.6) is 0 Å². The van der Waals surface area contributed by atoms with Gasteiger partial charge in [-0.05, 0) is 67.1 Å². The summed E-state index contributed by atoms with van der Waals surface area (Å²) in [5, 5.41) is 3.64. The summed E-state index contributed by atoms with van der Waals surface area (Å²) in [6.07, 6.45) is 3.27. The molecular formula is C18H19BrFN. The number of nitrogens with one attached hydrogen (secondary N) is 1. The van der Waals surface area contributed by atoms with Crippen LogP contribution in [0.2, 0.25) is 0 Å². The first kappa shape index (κ1) is 14.7. The highest BCUT2D eigenvalue weighted by atomic mass is 79.9. The molecule has 0 heterocycles. The van der Waals surface area contributed by atoms with E-state index in [2.05, 4.69) is 46.4 Å². The fourth-order valence-corrected chi connectivity index (χ4v) is 3.50. The van der Waals surface area contributed by atoms with Gasteiger partial charge in [0.2, 0.25) is 0 Å². The van der Waals surface area contributed by atoms with Crippen LogP contribution in [0.4, 0.5) is 4.39 Å². The second-order valence-electron chi connectivity index (χ2n) is 5.80. The third-order valence-corrected chi connectivity index (χ3v) is 4.72. The maximum atomic E-state index is 13.3. The van der Waals surface area contributed by atoms with Crippen LogP contribution in [0, 0.1) is 5.82 Å². The first-order chi connectivity index (χ1) is 10.1. The quantitative estimate of drug-likeness (QED) is 0.841. The summed E-state index contributed by atoms with van der Waals surface area (Å²) in [7, 11) is 0. The smallest absolute Gasteiger partial charge is 0.123 e. The SMILES string of the molecule is CC(NC1CCc2cc(Br)ccc2C1)c1cccc(F)c1. The first-order valence-electron chi connectivity index (χ1n) is 7.40. The zero-order valence-electron chi connectivity index (χ0n) is 12.1. The molecule has 0 aromatic heterocycles. The number of rotatable bonds is 3. The summed E-state index contributed by atoms with van der Waals surface area (Å²) in [6, 6.07) is 14.0. The van der Waals surface area contributed by atoms with Crippen LogP contribution < -0.4 is 5.32 Å². The van der Waals surface area contributed by atoms with Crippen molar-refractivity contribution in [1.82, 2.24) is 5.32 Å². The number of hydrogen-bond acceptors (Lipinski definition) is 1. The molecule has 3 rings (SSSR count). The van der Waals surface area contributed by atoms with Gasteiger partial charge in [0.15, 0.2) is 0 Å². The Morgan fingerprint density at radius 1 is 1.19 bits per heavy atom. The van der Waals surface area contributed by atoms with Crippen LogP contribution in [0.25, 0.3) is 0 Å². The lowest BCUT2D eigenvalue weighted by molar-refractivity contribution is 0.413. The number of fused-ring (bicyclic) bond motifs is 1. The molecule has 2 aromatic rings. The van der Waals surface area contributed by atoms with Crippen LogP contribution in [0.15, 0.2) is 46.9 Å². The molecule has 0 saturated carbocycles. The minimum Gasteiger partial charge on any atom is -0.307 e. The average molecular weight is 348 g/mol. The first-order valence-corrected chi connectivity index (χ1v) is 8.20. The molecular weight excluding hydrogens is 329 g/mol. The van der Waals surface area contributed by atoms with Crippen molar-refractivity contribution in [2.75, 3.05) is 0 Å². The fourth-order valence-electron chi connectivity index (χ4n) is 3.09. The summed E-state index contributed by atoms with van der Waals surface area (Å²) < 4.78 is 14.5. The van der Waals surface area contributed by atoms with Crippen molar-refractivity contribution in [2.45, 2.75) is 38.3 Å². The Balaban J connectivity index is 1.68. The molecule has 21 heavy (non-hydrogen) atoms. The van der Waals surface area contributed by atoms with Gasteiger partial charge < -0.3 is 5.32 Å². The molecule has 2 aromatic carbocycles. The van der Waals surface area contributed by atoms with Gasteiger partial charge in [-0.2, -0.15) is 0 Å². The van der Waals surface area contributed by atoms with Gasteiger partial charge in [0, 0.05) is 16.6 Å². The van der Waals surface area contributed by atoms with Crippen molar-refractivity contribution in [3.05, 3.63) is 69.4 Å². The van der Waals surface area contributed by atoms with Crippen molar-refractivity contribution in [3.63, 3.8) is 0 Å². The lowest BCUT2D eigenvalue weighted by Crippen LogP contribution is -2.36. The number of benzene rings is 2. The van der Waals surface area contributed by atoms with Crippen molar-refractivity contribution >= 4 is 15.9 Å². The van der Waals surface area contributed by atoms with Gasteiger partial charge >= 0.3 is 0 Å². The van der Waals surface area contributed by atoms with E-state index in [0.29, 0.717) is 6.04 Å². The Morgan fingerprint density at radius 3 is 2.86 bits per heavy atom. The molecule has 0 aliphatic heterocycles. The minimum absolute atomic E-state index is 0.167. The van der Waals surface area contributed by atoms with E-state index in [1.807, 2.05) is 6.07 Å². The Hall–Kier alpha value is -1.19. The molecule has 2 atom stereocenters. The summed E-state index contributed by atoms with van der Waals surface area (Å²) in [5.41, 5.74) is 3.88. The highest BCUT2D eigenvalue weighted by Gasteiger charge is 2.20. The molecule has 0 fully saturated rings. The van der Waals surface area contributed by atoms with Gasteiger partial charge in [-0.1, -0.05) is 34.1 Å². The van der Waals surface area contributed by atoms with E-state index < -0.39 is 0 Å². The molecule has 1 N–H and O–H groups in total. The third-order valence-electron chi connectivity index (χ3n) is 4.23. The van der Waals surface area contributed by atoms with E-state index >= 15 is 0 Å². The predicted molar refractivity (Wildman–Crippen MR) is 87.9 cm³/mol. The zero-order chi connectivity index (χ0) is 14.8. The largest absolute Gasteiger partial charge is 0.307 e. The van der Waals surface area contributed by atoms with Crippen molar-refractivity contribution < 1.29 is 4.39 Å². The Bertz CT molecular complexity index is 641. The molecule has 0 saturated heterocycles. The van der Waals surface area contributed by atoms with Crippen LogP contribution >= 0.6 is 15.9 Å². The topological polar surface area (TPSA) is 12.0 Å². The summed E-state index contributed by atoms with van der Waals surface area (Å²) in [4.78, 5) is 0. The predicted octanol–water partition coefficient (Wildman–Crippen LogP) is 4.80. The molecule has 110 valence electrons. The van der Waals surface area contributed by atoms with E-state index in [4.69, 9.17) is 0 Å². The fraction of sp³-hybridized carbons (Fsp3) is 0.333. The monoisotopic (exact) mass is 347 g/mol. The molecule has 1 nitrogen and oxygen atoms in total. The van der Waals surface area contributed by atoms with Crippen molar-refractivity contribution in [3.8, 4) is 0 Å². The van der Waals surface area contributed by atoms with E-state index in [-0.39, 0.29) is 11.9 Å².